The average Bonchev–Trinajstić information content (AvgIpc) is 3.16. The lowest BCUT2D eigenvalue weighted by Gasteiger charge is -2.34. The third-order valence-corrected chi connectivity index (χ3v) is 6.14. The third kappa shape index (κ3) is 2.83. The van der Waals surface area contributed by atoms with Gasteiger partial charge >= 0.3 is 0 Å². The number of imidazole rings is 1. The van der Waals surface area contributed by atoms with E-state index in [1.165, 1.54) is 0 Å². The fourth-order valence-electron chi connectivity index (χ4n) is 3.26. The van der Waals surface area contributed by atoms with Gasteiger partial charge in [0, 0.05) is 38.1 Å². The fraction of sp³-hybridized carbons (Fsp3) is 0.375. The number of rotatable bonds is 3. The number of aromatic nitrogens is 4. The minimum atomic E-state index is -3.03. The maximum Gasteiger partial charge on any atom is 0.153 e. The van der Waals surface area contributed by atoms with Gasteiger partial charge in [-0.3, -0.25) is 9.58 Å². The zero-order valence-electron chi connectivity index (χ0n) is 13.4. The molecule has 4 rings (SSSR count). The Hall–Kier alpha value is -2.19. The van der Waals surface area contributed by atoms with E-state index in [2.05, 4.69) is 15.0 Å². The van der Waals surface area contributed by atoms with Crippen LogP contribution < -0.4 is 0 Å². The molecular formula is C16H19N5O2S. The highest BCUT2D eigenvalue weighted by atomic mass is 32.2. The van der Waals surface area contributed by atoms with Crippen molar-refractivity contribution in [3.8, 4) is 0 Å². The van der Waals surface area contributed by atoms with Crippen LogP contribution in [0.2, 0.25) is 0 Å². The van der Waals surface area contributed by atoms with E-state index in [1.54, 1.807) is 10.9 Å². The zero-order chi connectivity index (χ0) is 16.7. The molecule has 8 heteroatoms. The molecule has 1 aliphatic rings. The van der Waals surface area contributed by atoms with Crippen LogP contribution in [0.5, 0.6) is 0 Å². The Morgan fingerprint density at radius 1 is 1.29 bits per heavy atom. The van der Waals surface area contributed by atoms with Crippen molar-refractivity contribution in [3.63, 3.8) is 0 Å². The Kier molecular flexibility index (Phi) is 3.65. The van der Waals surface area contributed by atoms with E-state index < -0.39 is 9.84 Å². The molecule has 0 spiro atoms. The lowest BCUT2D eigenvalue weighted by Crippen LogP contribution is -2.42. The van der Waals surface area contributed by atoms with E-state index in [0.29, 0.717) is 13.1 Å². The van der Waals surface area contributed by atoms with Gasteiger partial charge in [0.25, 0.3) is 0 Å². The number of aryl methyl sites for hydroxylation is 1. The van der Waals surface area contributed by atoms with Gasteiger partial charge in [0.1, 0.15) is 5.65 Å². The van der Waals surface area contributed by atoms with E-state index >= 15 is 0 Å². The molecular weight excluding hydrogens is 326 g/mol. The van der Waals surface area contributed by atoms with Crippen LogP contribution in [0.25, 0.3) is 5.65 Å². The summed E-state index contributed by atoms with van der Waals surface area (Å²) in [6.07, 6.45) is 7.50. The lowest BCUT2D eigenvalue weighted by molar-refractivity contribution is 0.203. The summed E-state index contributed by atoms with van der Waals surface area (Å²) in [6, 6.07) is 5.71. The van der Waals surface area contributed by atoms with Gasteiger partial charge in [0.2, 0.25) is 0 Å². The van der Waals surface area contributed by atoms with Crippen LogP contribution in [-0.2, 0) is 23.4 Å². The Morgan fingerprint density at radius 3 is 2.96 bits per heavy atom. The molecule has 3 aromatic heterocycles. The molecule has 4 heterocycles. The summed E-state index contributed by atoms with van der Waals surface area (Å²) in [4.78, 5) is 6.62. The van der Waals surface area contributed by atoms with Crippen molar-refractivity contribution in [2.75, 3.05) is 18.1 Å². The summed E-state index contributed by atoms with van der Waals surface area (Å²) in [5.74, 6) is 0.329. The maximum atomic E-state index is 12.1. The quantitative estimate of drug-likeness (QED) is 0.709. The molecule has 0 amide bonds. The molecule has 1 saturated heterocycles. The topological polar surface area (TPSA) is 72.5 Å². The SMILES string of the molecule is Cn1cc([C@H]2CS(=O)(=O)CCN2Cc2cnc3ccccn23)cn1. The van der Waals surface area contributed by atoms with E-state index in [1.807, 2.05) is 48.2 Å². The summed E-state index contributed by atoms with van der Waals surface area (Å²) < 4.78 is 28.0. The normalized spacial score (nSPS) is 21.3. The molecule has 3 aromatic rings. The van der Waals surface area contributed by atoms with Crippen molar-refractivity contribution in [1.29, 1.82) is 0 Å². The van der Waals surface area contributed by atoms with Gasteiger partial charge in [0.15, 0.2) is 9.84 Å². The number of hydrogen-bond donors (Lipinski definition) is 0. The monoisotopic (exact) mass is 345 g/mol. The molecule has 0 unspecified atom stereocenters. The number of sulfone groups is 1. The van der Waals surface area contributed by atoms with Gasteiger partial charge in [-0.15, -0.1) is 0 Å². The predicted octanol–water partition coefficient (Wildman–Crippen LogP) is 1.04. The van der Waals surface area contributed by atoms with E-state index in [4.69, 9.17) is 0 Å². The molecule has 0 saturated carbocycles. The van der Waals surface area contributed by atoms with Crippen LogP contribution in [0.15, 0.2) is 43.0 Å². The van der Waals surface area contributed by atoms with Crippen molar-refractivity contribution in [1.82, 2.24) is 24.1 Å². The Bertz CT molecular complexity index is 975. The van der Waals surface area contributed by atoms with Crippen molar-refractivity contribution < 1.29 is 8.42 Å². The molecule has 0 aliphatic carbocycles. The number of hydrogen-bond acceptors (Lipinski definition) is 5. The Balaban J connectivity index is 1.67. The number of nitrogens with zero attached hydrogens (tertiary/aromatic N) is 5. The molecule has 0 radical (unpaired) electrons. The molecule has 0 N–H and O–H groups in total. The highest BCUT2D eigenvalue weighted by Crippen LogP contribution is 2.28. The Morgan fingerprint density at radius 2 is 2.17 bits per heavy atom. The first-order valence-electron chi connectivity index (χ1n) is 7.86. The van der Waals surface area contributed by atoms with Crippen LogP contribution in [0.3, 0.4) is 0 Å². The van der Waals surface area contributed by atoms with Crippen LogP contribution >= 0.6 is 0 Å². The lowest BCUT2D eigenvalue weighted by atomic mass is 10.1. The summed E-state index contributed by atoms with van der Waals surface area (Å²) in [5.41, 5.74) is 2.89. The minimum absolute atomic E-state index is 0.134. The van der Waals surface area contributed by atoms with Crippen molar-refractivity contribution >= 4 is 15.5 Å². The van der Waals surface area contributed by atoms with Gasteiger partial charge in [0.05, 0.1) is 35.6 Å². The fourth-order valence-corrected chi connectivity index (χ4v) is 4.82. The second kappa shape index (κ2) is 5.71. The summed E-state index contributed by atoms with van der Waals surface area (Å²) in [5, 5.41) is 4.20. The largest absolute Gasteiger partial charge is 0.303 e. The summed E-state index contributed by atoms with van der Waals surface area (Å²) in [7, 11) is -1.18. The zero-order valence-corrected chi connectivity index (χ0v) is 14.2. The standard InChI is InChI=1S/C16H19N5O2S/c1-19-10-13(8-18-19)15-12-24(22,23)7-6-20(15)11-14-9-17-16-4-2-3-5-21(14)16/h2-5,8-10,15H,6-7,11-12H2,1H3/t15-/m1/s1. The smallest absolute Gasteiger partial charge is 0.153 e. The Labute approximate surface area is 140 Å². The van der Waals surface area contributed by atoms with Crippen molar-refractivity contribution in [3.05, 3.63) is 54.2 Å². The predicted molar refractivity (Wildman–Crippen MR) is 90.2 cm³/mol. The molecule has 1 fully saturated rings. The first-order valence-corrected chi connectivity index (χ1v) is 9.68. The maximum absolute atomic E-state index is 12.1. The van der Waals surface area contributed by atoms with Crippen molar-refractivity contribution in [2.24, 2.45) is 7.05 Å². The first-order chi connectivity index (χ1) is 11.5. The molecule has 0 aromatic carbocycles. The minimum Gasteiger partial charge on any atom is -0.303 e. The first kappa shape index (κ1) is 15.3. The summed E-state index contributed by atoms with van der Waals surface area (Å²) >= 11 is 0. The van der Waals surface area contributed by atoms with E-state index in [-0.39, 0.29) is 17.5 Å². The van der Waals surface area contributed by atoms with E-state index in [9.17, 15) is 8.42 Å². The number of pyridine rings is 1. The van der Waals surface area contributed by atoms with Crippen LogP contribution in [0, 0.1) is 0 Å². The molecule has 24 heavy (non-hydrogen) atoms. The highest BCUT2D eigenvalue weighted by Gasteiger charge is 2.33. The second-order valence-corrected chi connectivity index (χ2v) is 8.46. The molecule has 0 bridgehead atoms. The summed E-state index contributed by atoms with van der Waals surface area (Å²) in [6.45, 7) is 1.17. The van der Waals surface area contributed by atoms with E-state index in [0.717, 1.165) is 16.9 Å². The molecule has 1 aliphatic heterocycles. The second-order valence-electron chi connectivity index (χ2n) is 6.23. The van der Waals surface area contributed by atoms with Crippen LogP contribution in [-0.4, -0.2) is 50.5 Å². The van der Waals surface area contributed by atoms with Gasteiger partial charge in [-0.05, 0) is 12.1 Å². The van der Waals surface area contributed by atoms with Crippen molar-refractivity contribution in [2.45, 2.75) is 12.6 Å². The third-order valence-electron chi connectivity index (χ3n) is 4.51. The average molecular weight is 345 g/mol. The van der Waals surface area contributed by atoms with Crippen LogP contribution in [0.4, 0.5) is 0 Å². The molecule has 126 valence electrons. The van der Waals surface area contributed by atoms with Crippen LogP contribution in [0.1, 0.15) is 17.3 Å². The molecule has 7 nitrogen and oxygen atoms in total. The van der Waals surface area contributed by atoms with Gasteiger partial charge in [-0.1, -0.05) is 6.07 Å². The van der Waals surface area contributed by atoms with Gasteiger partial charge in [-0.2, -0.15) is 5.10 Å². The highest BCUT2D eigenvalue weighted by molar-refractivity contribution is 7.91. The van der Waals surface area contributed by atoms with Gasteiger partial charge < -0.3 is 4.40 Å². The number of fused-ring (bicyclic) bond motifs is 1. The van der Waals surface area contributed by atoms with Gasteiger partial charge in [-0.25, -0.2) is 13.4 Å². The molecule has 1 atom stereocenters.